The van der Waals surface area contributed by atoms with Gasteiger partial charge in [-0.05, 0) is 37.6 Å². The van der Waals surface area contributed by atoms with Crippen molar-refractivity contribution in [1.29, 1.82) is 0 Å². The molecule has 0 saturated carbocycles. The molecule has 2 aromatic carbocycles. The van der Waals surface area contributed by atoms with E-state index in [1.807, 2.05) is 0 Å². The molecule has 0 fully saturated rings. The second-order valence-corrected chi connectivity index (χ2v) is 4.53. The Bertz CT molecular complexity index is 660. The van der Waals surface area contributed by atoms with E-state index < -0.39 is 0 Å². The summed E-state index contributed by atoms with van der Waals surface area (Å²) in [6.45, 7) is 4.27. The maximum Gasteiger partial charge on any atom is 0.0531 e. The molecule has 0 spiro atoms. The van der Waals surface area contributed by atoms with Crippen molar-refractivity contribution in [3.63, 3.8) is 0 Å². The first-order valence-electron chi connectivity index (χ1n) is 5.89. The second kappa shape index (κ2) is 3.77. The summed E-state index contributed by atoms with van der Waals surface area (Å²) < 4.78 is 2.25. The van der Waals surface area contributed by atoms with E-state index in [4.69, 9.17) is 0 Å². The molecule has 0 N–H and O–H groups in total. The summed E-state index contributed by atoms with van der Waals surface area (Å²) in [4.78, 5) is 0. The Morgan fingerprint density at radius 3 is 2.29 bits per heavy atom. The maximum atomic E-state index is 2.25. The first kappa shape index (κ1) is 10.2. The average molecular weight is 221 g/mol. The standard InChI is InChI=1S/C16H15N/c1-12-7-9-14(10-8-12)17-11-13(2)15-5-3-4-6-16(15)17/h3-11H,1-2H3. The molecule has 3 rings (SSSR count). The zero-order chi connectivity index (χ0) is 11.8. The molecule has 3 aromatic rings. The molecule has 0 bridgehead atoms. The van der Waals surface area contributed by atoms with Crippen LogP contribution in [0.2, 0.25) is 0 Å². The van der Waals surface area contributed by atoms with Gasteiger partial charge in [-0.1, -0.05) is 35.9 Å². The van der Waals surface area contributed by atoms with Crippen molar-refractivity contribution < 1.29 is 0 Å². The number of hydrogen-bond donors (Lipinski definition) is 0. The zero-order valence-electron chi connectivity index (χ0n) is 10.1. The highest BCUT2D eigenvalue weighted by molar-refractivity contribution is 5.85. The normalized spacial score (nSPS) is 10.9. The molecule has 1 nitrogen and oxygen atoms in total. The third-order valence-electron chi connectivity index (χ3n) is 3.22. The lowest BCUT2D eigenvalue weighted by molar-refractivity contribution is 1.11. The minimum atomic E-state index is 1.22. The average Bonchev–Trinajstić information content (AvgIpc) is 2.69. The first-order valence-corrected chi connectivity index (χ1v) is 5.89. The van der Waals surface area contributed by atoms with E-state index in [2.05, 4.69) is 73.1 Å². The van der Waals surface area contributed by atoms with E-state index >= 15 is 0 Å². The van der Waals surface area contributed by atoms with Gasteiger partial charge in [0, 0.05) is 17.3 Å². The van der Waals surface area contributed by atoms with Crippen LogP contribution >= 0.6 is 0 Å². The summed E-state index contributed by atoms with van der Waals surface area (Å²) in [6, 6.07) is 17.2. The van der Waals surface area contributed by atoms with Gasteiger partial charge in [0.2, 0.25) is 0 Å². The van der Waals surface area contributed by atoms with Gasteiger partial charge >= 0.3 is 0 Å². The summed E-state index contributed by atoms with van der Waals surface area (Å²) in [5.74, 6) is 0. The van der Waals surface area contributed by atoms with Crippen LogP contribution in [0, 0.1) is 13.8 Å². The van der Waals surface area contributed by atoms with E-state index in [1.54, 1.807) is 0 Å². The highest BCUT2D eigenvalue weighted by Gasteiger charge is 2.05. The van der Waals surface area contributed by atoms with Crippen LogP contribution in [0.5, 0.6) is 0 Å². The topological polar surface area (TPSA) is 4.93 Å². The number of para-hydroxylation sites is 1. The SMILES string of the molecule is Cc1ccc(-n2cc(C)c3ccccc32)cc1. The Kier molecular flexibility index (Phi) is 2.25. The van der Waals surface area contributed by atoms with E-state index in [0.717, 1.165) is 0 Å². The summed E-state index contributed by atoms with van der Waals surface area (Å²) in [5, 5.41) is 1.33. The van der Waals surface area contributed by atoms with Gasteiger partial charge in [-0.25, -0.2) is 0 Å². The highest BCUT2D eigenvalue weighted by Crippen LogP contribution is 2.24. The molecular weight excluding hydrogens is 206 g/mol. The van der Waals surface area contributed by atoms with Gasteiger partial charge < -0.3 is 4.57 Å². The van der Waals surface area contributed by atoms with Crippen molar-refractivity contribution in [2.24, 2.45) is 0 Å². The molecule has 1 heteroatoms. The van der Waals surface area contributed by atoms with Crippen molar-refractivity contribution in [2.75, 3.05) is 0 Å². The largest absolute Gasteiger partial charge is 0.316 e. The Morgan fingerprint density at radius 1 is 0.824 bits per heavy atom. The van der Waals surface area contributed by atoms with Gasteiger partial charge in [-0.3, -0.25) is 0 Å². The molecule has 0 amide bonds. The van der Waals surface area contributed by atoms with Gasteiger partial charge in [-0.2, -0.15) is 0 Å². The summed E-state index contributed by atoms with van der Waals surface area (Å²) >= 11 is 0. The van der Waals surface area contributed by atoms with Crippen LogP contribution in [0.15, 0.2) is 54.7 Å². The van der Waals surface area contributed by atoms with Crippen LogP contribution in [0.1, 0.15) is 11.1 Å². The molecule has 0 aliphatic rings. The third kappa shape index (κ3) is 1.64. The quantitative estimate of drug-likeness (QED) is 0.579. The molecule has 0 radical (unpaired) electrons. The lowest BCUT2D eigenvalue weighted by Gasteiger charge is -2.05. The summed E-state index contributed by atoms with van der Waals surface area (Å²) in [6.07, 6.45) is 2.20. The van der Waals surface area contributed by atoms with Crippen LogP contribution < -0.4 is 0 Å². The van der Waals surface area contributed by atoms with Gasteiger partial charge in [0.25, 0.3) is 0 Å². The molecule has 0 atom stereocenters. The minimum absolute atomic E-state index is 1.22. The smallest absolute Gasteiger partial charge is 0.0531 e. The van der Waals surface area contributed by atoms with Gasteiger partial charge in [0.05, 0.1) is 5.52 Å². The van der Waals surface area contributed by atoms with Crippen LogP contribution in [-0.2, 0) is 0 Å². The molecular formula is C16H15N. The van der Waals surface area contributed by atoms with Crippen LogP contribution in [-0.4, -0.2) is 4.57 Å². The minimum Gasteiger partial charge on any atom is -0.316 e. The molecule has 0 saturated heterocycles. The molecule has 84 valence electrons. The highest BCUT2D eigenvalue weighted by atomic mass is 15.0. The zero-order valence-corrected chi connectivity index (χ0v) is 10.1. The number of benzene rings is 2. The number of nitrogens with zero attached hydrogens (tertiary/aromatic N) is 1. The van der Waals surface area contributed by atoms with Crippen molar-refractivity contribution in [3.8, 4) is 5.69 Å². The fraction of sp³-hybridized carbons (Fsp3) is 0.125. The monoisotopic (exact) mass is 221 g/mol. The fourth-order valence-electron chi connectivity index (χ4n) is 2.27. The Balaban J connectivity index is 2.27. The fourth-order valence-corrected chi connectivity index (χ4v) is 2.27. The van der Waals surface area contributed by atoms with E-state index in [0.29, 0.717) is 0 Å². The van der Waals surface area contributed by atoms with Crippen molar-refractivity contribution in [2.45, 2.75) is 13.8 Å². The van der Waals surface area contributed by atoms with Crippen LogP contribution in [0.25, 0.3) is 16.6 Å². The number of rotatable bonds is 1. The number of fused-ring (bicyclic) bond motifs is 1. The molecule has 17 heavy (non-hydrogen) atoms. The van der Waals surface area contributed by atoms with Crippen LogP contribution in [0.3, 0.4) is 0 Å². The molecule has 0 unspecified atom stereocenters. The second-order valence-electron chi connectivity index (χ2n) is 4.53. The lowest BCUT2D eigenvalue weighted by atomic mass is 10.2. The first-order chi connectivity index (χ1) is 8.25. The third-order valence-corrected chi connectivity index (χ3v) is 3.22. The van der Waals surface area contributed by atoms with Gasteiger partial charge in [-0.15, -0.1) is 0 Å². The molecule has 0 aliphatic carbocycles. The Hall–Kier alpha value is -2.02. The van der Waals surface area contributed by atoms with E-state index in [1.165, 1.54) is 27.7 Å². The van der Waals surface area contributed by atoms with E-state index in [9.17, 15) is 0 Å². The number of aromatic nitrogens is 1. The predicted octanol–water partition coefficient (Wildman–Crippen LogP) is 4.25. The van der Waals surface area contributed by atoms with Gasteiger partial charge in [0.15, 0.2) is 0 Å². The Labute approximate surface area is 101 Å². The van der Waals surface area contributed by atoms with Crippen LogP contribution in [0.4, 0.5) is 0 Å². The summed E-state index contributed by atoms with van der Waals surface area (Å²) in [5.41, 5.74) is 5.11. The summed E-state index contributed by atoms with van der Waals surface area (Å²) in [7, 11) is 0. The molecule has 1 aromatic heterocycles. The van der Waals surface area contributed by atoms with E-state index in [-0.39, 0.29) is 0 Å². The predicted molar refractivity (Wildman–Crippen MR) is 72.7 cm³/mol. The van der Waals surface area contributed by atoms with Crippen molar-refractivity contribution in [3.05, 3.63) is 65.9 Å². The number of aryl methyl sites for hydroxylation is 2. The maximum absolute atomic E-state index is 2.25. The van der Waals surface area contributed by atoms with Crippen molar-refractivity contribution in [1.82, 2.24) is 4.57 Å². The lowest BCUT2D eigenvalue weighted by Crippen LogP contribution is -1.91. The Morgan fingerprint density at radius 2 is 1.53 bits per heavy atom. The number of hydrogen-bond acceptors (Lipinski definition) is 0. The molecule has 1 heterocycles. The molecule has 0 aliphatic heterocycles. The van der Waals surface area contributed by atoms with Gasteiger partial charge in [0.1, 0.15) is 0 Å². The van der Waals surface area contributed by atoms with Crippen molar-refractivity contribution >= 4 is 10.9 Å².